The molecule has 4 nitrogen and oxygen atoms in total. The van der Waals surface area contributed by atoms with E-state index < -0.39 is 0 Å². The number of hydrogen-bond donors (Lipinski definition) is 0. The molecular formula is C17H22N2O2. The third-order valence-electron chi connectivity index (χ3n) is 3.63. The van der Waals surface area contributed by atoms with Crippen LogP contribution in [0.25, 0.3) is 10.9 Å². The summed E-state index contributed by atoms with van der Waals surface area (Å²) in [6.07, 6.45) is 0.423. The van der Waals surface area contributed by atoms with Crippen molar-refractivity contribution in [1.29, 1.82) is 0 Å². The number of carbonyl (C=O) groups is 1. The second-order valence-corrected chi connectivity index (χ2v) is 5.13. The van der Waals surface area contributed by atoms with Crippen LogP contribution in [-0.4, -0.2) is 36.1 Å². The lowest BCUT2D eigenvalue weighted by Gasteiger charge is -2.21. The minimum absolute atomic E-state index is 0.163. The molecule has 0 saturated carbocycles. The molecule has 0 spiro atoms. The molecule has 21 heavy (non-hydrogen) atoms. The molecule has 0 aliphatic heterocycles. The standard InChI is InChI=1S/C17H22N2O2/c1-4-19(10-9-17(20)21-3)12-14-11-13(2)18-16-8-6-5-7-15(14)16/h5-8,11H,4,9-10,12H2,1-3H3. The summed E-state index contributed by atoms with van der Waals surface area (Å²) in [4.78, 5) is 18.1. The normalized spacial score (nSPS) is 11.0. The lowest BCUT2D eigenvalue weighted by Crippen LogP contribution is -2.26. The summed E-state index contributed by atoms with van der Waals surface area (Å²) in [5, 5.41) is 1.18. The maximum atomic E-state index is 11.3. The zero-order valence-corrected chi connectivity index (χ0v) is 12.9. The molecule has 1 aromatic heterocycles. The monoisotopic (exact) mass is 286 g/mol. The average molecular weight is 286 g/mol. The van der Waals surface area contributed by atoms with Gasteiger partial charge in [0.1, 0.15) is 0 Å². The number of pyridine rings is 1. The highest BCUT2D eigenvalue weighted by Gasteiger charge is 2.10. The second kappa shape index (κ2) is 7.18. The Labute approximate surface area is 125 Å². The van der Waals surface area contributed by atoms with E-state index in [1.807, 2.05) is 25.1 Å². The van der Waals surface area contributed by atoms with Crippen molar-refractivity contribution in [2.75, 3.05) is 20.2 Å². The molecule has 0 radical (unpaired) electrons. The van der Waals surface area contributed by atoms with E-state index in [2.05, 4.69) is 28.9 Å². The predicted octanol–water partition coefficient (Wildman–Crippen LogP) is 2.93. The van der Waals surface area contributed by atoms with Gasteiger partial charge in [-0.1, -0.05) is 25.1 Å². The molecule has 2 aromatic rings. The van der Waals surface area contributed by atoms with E-state index in [0.29, 0.717) is 13.0 Å². The van der Waals surface area contributed by atoms with Crippen LogP contribution >= 0.6 is 0 Å². The molecule has 1 aromatic carbocycles. The lowest BCUT2D eigenvalue weighted by molar-refractivity contribution is -0.141. The summed E-state index contributed by atoms with van der Waals surface area (Å²) in [6.45, 7) is 6.54. The maximum Gasteiger partial charge on any atom is 0.306 e. The van der Waals surface area contributed by atoms with E-state index in [4.69, 9.17) is 4.74 Å². The van der Waals surface area contributed by atoms with Gasteiger partial charge in [0, 0.05) is 24.2 Å². The average Bonchev–Trinajstić information content (AvgIpc) is 2.50. The highest BCUT2D eigenvalue weighted by Crippen LogP contribution is 2.19. The van der Waals surface area contributed by atoms with E-state index in [9.17, 15) is 4.79 Å². The van der Waals surface area contributed by atoms with E-state index in [1.54, 1.807) is 0 Å². The Balaban J connectivity index is 2.19. The Hall–Kier alpha value is -1.94. The first kappa shape index (κ1) is 15.4. The third kappa shape index (κ3) is 4.02. The molecule has 0 aliphatic rings. The van der Waals surface area contributed by atoms with Gasteiger partial charge >= 0.3 is 5.97 Å². The number of fused-ring (bicyclic) bond motifs is 1. The number of benzene rings is 1. The smallest absolute Gasteiger partial charge is 0.306 e. The van der Waals surface area contributed by atoms with Crippen molar-refractivity contribution >= 4 is 16.9 Å². The SMILES string of the molecule is CCN(CCC(=O)OC)Cc1cc(C)nc2ccccc12. The van der Waals surface area contributed by atoms with E-state index >= 15 is 0 Å². The summed E-state index contributed by atoms with van der Waals surface area (Å²) in [7, 11) is 1.43. The van der Waals surface area contributed by atoms with Crippen LogP contribution in [0.1, 0.15) is 24.6 Å². The first-order valence-electron chi connectivity index (χ1n) is 7.28. The summed E-state index contributed by atoms with van der Waals surface area (Å²) in [6, 6.07) is 10.3. The number of rotatable bonds is 6. The zero-order chi connectivity index (χ0) is 15.2. The quantitative estimate of drug-likeness (QED) is 0.766. The fourth-order valence-corrected chi connectivity index (χ4v) is 2.47. The number of carbonyl (C=O) groups excluding carboxylic acids is 1. The fraction of sp³-hybridized carbons (Fsp3) is 0.412. The number of nitrogens with zero attached hydrogens (tertiary/aromatic N) is 2. The first-order valence-corrected chi connectivity index (χ1v) is 7.28. The number of esters is 1. The maximum absolute atomic E-state index is 11.3. The summed E-state index contributed by atoms with van der Waals surface area (Å²) < 4.78 is 4.71. The summed E-state index contributed by atoms with van der Waals surface area (Å²) in [5.41, 5.74) is 3.30. The molecule has 0 N–H and O–H groups in total. The Bertz CT molecular complexity index is 625. The van der Waals surface area contributed by atoms with E-state index in [-0.39, 0.29) is 5.97 Å². The van der Waals surface area contributed by atoms with Gasteiger partial charge in [-0.3, -0.25) is 14.7 Å². The van der Waals surface area contributed by atoms with Gasteiger partial charge in [0.25, 0.3) is 0 Å². The number of hydrogen-bond acceptors (Lipinski definition) is 4. The van der Waals surface area contributed by atoms with Crippen LogP contribution in [0.2, 0.25) is 0 Å². The van der Waals surface area contributed by atoms with Gasteiger partial charge in [-0.05, 0) is 31.2 Å². The van der Waals surface area contributed by atoms with Crippen molar-refractivity contribution in [3.05, 3.63) is 41.6 Å². The minimum Gasteiger partial charge on any atom is -0.469 e. The van der Waals surface area contributed by atoms with E-state index in [1.165, 1.54) is 18.1 Å². The van der Waals surface area contributed by atoms with Gasteiger partial charge in [0.2, 0.25) is 0 Å². The summed E-state index contributed by atoms with van der Waals surface area (Å²) in [5.74, 6) is -0.163. The van der Waals surface area contributed by atoms with Gasteiger partial charge in [-0.15, -0.1) is 0 Å². The minimum atomic E-state index is -0.163. The molecule has 0 bridgehead atoms. The first-order chi connectivity index (χ1) is 10.1. The Morgan fingerprint density at radius 3 is 2.81 bits per heavy atom. The molecule has 0 atom stereocenters. The topological polar surface area (TPSA) is 42.4 Å². The number of para-hydroxylation sites is 1. The van der Waals surface area contributed by atoms with Crippen LogP contribution in [0.15, 0.2) is 30.3 Å². The zero-order valence-electron chi connectivity index (χ0n) is 12.9. The van der Waals surface area contributed by atoms with Gasteiger partial charge in [-0.25, -0.2) is 0 Å². The number of methoxy groups -OCH3 is 1. The molecule has 0 aliphatic carbocycles. The van der Waals surface area contributed by atoms with Crippen LogP contribution in [0.4, 0.5) is 0 Å². The fourth-order valence-electron chi connectivity index (χ4n) is 2.47. The van der Waals surface area contributed by atoms with Gasteiger partial charge in [0.05, 0.1) is 19.0 Å². The molecule has 0 unspecified atom stereocenters. The predicted molar refractivity (Wildman–Crippen MR) is 84.1 cm³/mol. The van der Waals surface area contributed by atoms with Gasteiger partial charge < -0.3 is 4.74 Å². The molecule has 4 heteroatoms. The molecule has 2 rings (SSSR count). The van der Waals surface area contributed by atoms with Crippen molar-refractivity contribution in [1.82, 2.24) is 9.88 Å². The highest BCUT2D eigenvalue weighted by molar-refractivity contribution is 5.82. The van der Waals surface area contributed by atoms with Crippen LogP contribution < -0.4 is 0 Å². The number of aryl methyl sites for hydroxylation is 1. The van der Waals surface area contributed by atoms with Gasteiger partial charge in [0.15, 0.2) is 0 Å². The van der Waals surface area contributed by atoms with E-state index in [0.717, 1.165) is 24.3 Å². The van der Waals surface area contributed by atoms with Crippen LogP contribution in [0, 0.1) is 6.92 Å². The van der Waals surface area contributed by atoms with Crippen molar-refractivity contribution in [3.63, 3.8) is 0 Å². The van der Waals surface area contributed by atoms with Crippen LogP contribution in [0.3, 0.4) is 0 Å². The molecule has 112 valence electrons. The van der Waals surface area contributed by atoms with Crippen molar-refractivity contribution in [2.45, 2.75) is 26.8 Å². The Kier molecular flexibility index (Phi) is 5.28. The molecule has 1 heterocycles. The molecule has 0 saturated heterocycles. The van der Waals surface area contributed by atoms with Crippen molar-refractivity contribution in [3.8, 4) is 0 Å². The second-order valence-electron chi connectivity index (χ2n) is 5.13. The third-order valence-corrected chi connectivity index (χ3v) is 3.63. The largest absolute Gasteiger partial charge is 0.469 e. The molecule has 0 fully saturated rings. The van der Waals surface area contributed by atoms with Crippen LogP contribution in [0.5, 0.6) is 0 Å². The lowest BCUT2D eigenvalue weighted by atomic mass is 10.1. The molecular weight excluding hydrogens is 264 g/mol. The van der Waals surface area contributed by atoms with Crippen LogP contribution in [-0.2, 0) is 16.1 Å². The van der Waals surface area contributed by atoms with Crippen molar-refractivity contribution < 1.29 is 9.53 Å². The Morgan fingerprint density at radius 1 is 1.33 bits per heavy atom. The summed E-state index contributed by atoms with van der Waals surface area (Å²) >= 11 is 0. The molecule has 0 amide bonds. The highest BCUT2D eigenvalue weighted by atomic mass is 16.5. The van der Waals surface area contributed by atoms with Gasteiger partial charge in [-0.2, -0.15) is 0 Å². The van der Waals surface area contributed by atoms with Crippen molar-refractivity contribution in [2.24, 2.45) is 0 Å². The number of ether oxygens (including phenoxy) is 1. The number of aromatic nitrogens is 1. The Morgan fingerprint density at radius 2 is 2.10 bits per heavy atom.